The van der Waals surface area contributed by atoms with E-state index in [1.807, 2.05) is 0 Å². The van der Waals surface area contributed by atoms with Crippen LogP contribution in [0.15, 0.2) is 48.6 Å². The second-order valence-electron chi connectivity index (χ2n) is 14.4. The Balaban J connectivity index is 1.28. The van der Waals surface area contributed by atoms with Crippen LogP contribution >= 0.6 is 0 Å². The fourth-order valence-electron chi connectivity index (χ4n) is 10.5. The molecule has 1 aromatic carbocycles. The zero-order valence-corrected chi connectivity index (χ0v) is 25.3. The molecule has 5 aliphatic heterocycles. The topological polar surface area (TPSA) is 71.1 Å². The number of hydrogen-bond donors (Lipinski definition) is 3. The van der Waals surface area contributed by atoms with Crippen molar-refractivity contribution >= 4 is 10.9 Å². The average molecular weight is 571 g/mol. The Morgan fingerprint density at radius 3 is 2.64 bits per heavy atom. The molecule has 42 heavy (non-hydrogen) atoms. The van der Waals surface area contributed by atoms with Crippen molar-refractivity contribution in [3.8, 4) is 0 Å². The van der Waals surface area contributed by atoms with Crippen molar-refractivity contribution in [1.29, 1.82) is 0 Å². The van der Waals surface area contributed by atoms with Crippen molar-refractivity contribution in [3.05, 3.63) is 65.0 Å². The number of fused-ring (bicyclic) bond motifs is 4. The SMILES string of the molecule is [O-][NH+]1CCc2c([nH]c3ccccc23)C1C1C2CCN3CCCCC=CCCC4(OC14)C1NCCCCC=CCCC21C3. The number of hydrogen-bond acceptors (Lipinski definition) is 4. The van der Waals surface area contributed by atoms with Crippen molar-refractivity contribution in [2.45, 2.75) is 101 Å². The van der Waals surface area contributed by atoms with Crippen LogP contribution in [-0.4, -0.2) is 60.4 Å². The largest absolute Gasteiger partial charge is 0.634 e. The van der Waals surface area contributed by atoms with Crippen LogP contribution in [0.1, 0.15) is 87.9 Å². The number of H-pyrrole nitrogens is 1. The lowest BCUT2D eigenvalue weighted by atomic mass is 9.49. The summed E-state index contributed by atoms with van der Waals surface area (Å²) in [5.41, 5.74) is 3.73. The van der Waals surface area contributed by atoms with Crippen LogP contribution in [0.25, 0.3) is 10.9 Å². The standard InChI is InChI=1S/C36H50N4O2/c41-40-24-17-27-26-15-9-10-16-29(26)38-31(27)32(40)30-28-18-23-39-22-14-8-4-2-6-12-20-36(33(30)42-36)34-35(28,25-39)19-11-5-1-3-7-13-21-37-34/h1-2,5-6,9-10,15-16,28,30,32-34,37-38,40H,3-4,7-8,11-14,17-25H2. The lowest BCUT2D eigenvalue weighted by molar-refractivity contribution is -0.890. The van der Waals surface area contributed by atoms with Crippen molar-refractivity contribution in [3.63, 3.8) is 0 Å². The van der Waals surface area contributed by atoms with E-state index in [2.05, 4.69) is 63.8 Å². The number of para-hydroxylation sites is 1. The third kappa shape index (κ3) is 4.47. The van der Waals surface area contributed by atoms with E-state index in [9.17, 15) is 5.21 Å². The minimum Gasteiger partial charge on any atom is -0.634 e. The molecule has 8 rings (SSSR count). The molecule has 3 bridgehead atoms. The Morgan fingerprint density at radius 2 is 1.74 bits per heavy atom. The molecule has 3 fully saturated rings. The minimum absolute atomic E-state index is 0.0812. The molecular formula is C36H50N4O2. The number of epoxide rings is 1. The maximum absolute atomic E-state index is 14.2. The van der Waals surface area contributed by atoms with Gasteiger partial charge in [-0.05, 0) is 108 Å². The summed E-state index contributed by atoms with van der Waals surface area (Å²) in [5, 5.41) is 20.2. The molecule has 226 valence electrons. The second-order valence-corrected chi connectivity index (χ2v) is 14.4. The van der Waals surface area contributed by atoms with Crippen molar-refractivity contribution < 1.29 is 9.80 Å². The van der Waals surface area contributed by atoms with Gasteiger partial charge >= 0.3 is 0 Å². The zero-order valence-electron chi connectivity index (χ0n) is 25.3. The molecule has 2 saturated heterocycles. The normalized spacial score (nSPS) is 42.3. The van der Waals surface area contributed by atoms with Crippen LogP contribution in [0.2, 0.25) is 0 Å². The van der Waals surface area contributed by atoms with Crippen molar-refractivity contribution in [2.24, 2.45) is 17.3 Å². The highest BCUT2D eigenvalue weighted by Gasteiger charge is 2.77. The number of ether oxygens (including phenoxy) is 1. The Morgan fingerprint density at radius 1 is 0.929 bits per heavy atom. The molecule has 6 nitrogen and oxygen atoms in total. The summed E-state index contributed by atoms with van der Waals surface area (Å²) in [6, 6.07) is 8.98. The van der Waals surface area contributed by atoms with Gasteiger partial charge in [0.25, 0.3) is 0 Å². The third-order valence-corrected chi connectivity index (χ3v) is 12.2. The number of nitrogens with zero attached hydrogens (tertiary/aromatic N) is 1. The lowest BCUT2D eigenvalue weighted by Gasteiger charge is -2.60. The number of quaternary nitrogens is 1. The fraction of sp³-hybridized carbons (Fsp3) is 0.667. The van der Waals surface area contributed by atoms with Gasteiger partial charge in [-0.3, -0.25) is 0 Å². The van der Waals surface area contributed by atoms with Crippen LogP contribution in [0.5, 0.6) is 0 Å². The summed E-state index contributed by atoms with van der Waals surface area (Å²) in [7, 11) is 0. The molecule has 1 saturated carbocycles. The monoisotopic (exact) mass is 570 g/mol. The van der Waals surface area contributed by atoms with Crippen LogP contribution in [0.3, 0.4) is 0 Å². The first-order valence-electron chi connectivity index (χ1n) is 17.3. The molecule has 6 heteroatoms. The van der Waals surface area contributed by atoms with Gasteiger partial charge in [-0.15, -0.1) is 0 Å². The van der Waals surface area contributed by atoms with E-state index in [0.29, 0.717) is 23.6 Å². The summed E-state index contributed by atoms with van der Waals surface area (Å²) in [5.74, 6) is 0.723. The van der Waals surface area contributed by atoms with Gasteiger partial charge < -0.3 is 30.2 Å². The van der Waals surface area contributed by atoms with Gasteiger partial charge in [0, 0.05) is 41.2 Å². The number of rotatable bonds is 1. The second kappa shape index (κ2) is 11.2. The van der Waals surface area contributed by atoms with Gasteiger partial charge in [0.05, 0.1) is 18.3 Å². The highest BCUT2D eigenvalue weighted by molar-refractivity contribution is 5.85. The van der Waals surface area contributed by atoms with Crippen LogP contribution in [-0.2, 0) is 11.2 Å². The van der Waals surface area contributed by atoms with E-state index < -0.39 is 0 Å². The molecule has 9 unspecified atom stereocenters. The van der Waals surface area contributed by atoms with Gasteiger partial charge in [0.15, 0.2) is 0 Å². The smallest absolute Gasteiger partial charge is 0.134 e. The number of aromatic nitrogens is 1. The molecule has 3 N–H and O–H groups in total. The molecule has 2 spiro atoms. The molecule has 1 aromatic heterocycles. The molecule has 9 atom stereocenters. The maximum Gasteiger partial charge on any atom is 0.134 e. The maximum atomic E-state index is 14.2. The quantitative estimate of drug-likeness (QED) is 0.250. The van der Waals surface area contributed by atoms with E-state index in [4.69, 9.17) is 4.74 Å². The number of allylic oxidation sites excluding steroid dienone is 4. The molecular weight excluding hydrogens is 520 g/mol. The van der Waals surface area contributed by atoms with E-state index in [-0.39, 0.29) is 29.1 Å². The van der Waals surface area contributed by atoms with Gasteiger partial charge in [0.1, 0.15) is 11.6 Å². The van der Waals surface area contributed by atoms with E-state index in [1.54, 1.807) is 0 Å². The van der Waals surface area contributed by atoms with Gasteiger partial charge in [-0.25, -0.2) is 0 Å². The van der Waals surface area contributed by atoms with Crippen molar-refractivity contribution in [2.75, 3.05) is 32.7 Å². The third-order valence-electron chi connectivity index (χ3n) is 12.2. The van der Waals surface area contributed by atoms with Crippen molar-refractivity contribution in [1.82, 2.24) is 15.2 Å². The highest BCUT2D eigenvalue weighted by atomic mass is 16.6. The van der Waals surface area contributed by atoms with Crippen LogP contribution in [0, 0.1) is 22.5 Å². The number of piperidine rings is 1. The molecule has 0 radical (unpaired) electrons. The lowest BCUT2D eigenvalue weighted by Crippen LogP contribution is -3.10. The summed E-state index contributed by atoms with van der Waals surface area (Å²) < 4.78 is 7.19. The Hall–Kier alpha value is -1.96. The molecule has 2 aromatic rings. The number of nitrogens with one attached hydrogen (secondary N) is 3. The van der Waals surface area contributed by atoms with E-state index >= 15 is 0 Å². The first-order chi connectivity index (χ1) is 20.7. The highest BCUT2D eigenvalue weighted by Crippen LogP contribution is 2.66. The number of benzene rings is 1. The van der Waals surface area contributed by atoms with Crippen LogP contribution in [0.4, 0.5) is 0 Å². The first kappa shape index (κ1) is 27.6. The predicted molar refractivity (Wildman–Crippen MR) is 168 cm³/mol. The number of aromatic amines is 1. The average Bonchev–Trinajstić information content (AvgIpc) is 3.61. The number of hydroxylamine groups is 2. The molecule has 1 aliphatic carbocycles. The van der Waals surface area contributed by atoms with Crippen LogP contribution < -0.4 is 10.4 Å². The fourth-order valence-corrected chi connectivity index (χ4v) is 10.5. The molecule has 6 heterocycles. The summed E-state index contributed by atoms with van der Waals surface area (Å²) in [6.45, 7) is 5.23. The predicted octanol–water partition coefficient (Wildman–Crippen LogP) is 5.22. The minimum atomic E-state index is -0.176. The Bertz CT molecular complexity index is 1330. The van der Waals surface area contributed by atoms with Gasteiger partial charge in [-0.2, -0.15) is 0 Å². The molecule has 6 aliphatic rings. The van der Waals surface area contributed by atoms with Gasteiger partial charge in [0.2, 0.25) is 0 Å². The summed E-state index contributed by atoms with van der Waals surface area (Å²) >= 11 is 0. The summed E-state index contributed by atoms with van der Waals surface area (Å²) in [4.78, 5) is 6.63. The Kier molecular flexibility index (Phi) is 7.35. The van der Waals surface area contributed by atoms with E-state index in [1.165, 1.54) is 80.1 Å². The first-order valence-corrected chi connectivity index (χ1v) is 17.3. The van der Waals surface area contributed by atoms with E-state index in [0.717, 1.165) is 45.3 Å². The summed E-state index contributed by atoms with van der Waals surface area (Å²) in [6.07, 6.45) is 23.8. The zero-order chi connectivity index (χ0) is 28.1. The Labute approximate surface area is 251 Å². The molecule has 0 amide bonds. The van der Waals surface area contributed by atoms with Gasteiger partial charge in [-0.1, -0.05) is 42.5 Å².